The molecule has 0 fully saturated rings. The van der Waals surface area contributed by atoms with Crippen LogP contribution in [0.15, 0.2) is 48.5 Å². The Morgan fingerprint density at radius 2 is 1.65 bits per heavy atom. The van der Waals surface area contributed by atoms with Crippen LogP contribution in [-0.4, -0.2) is 54.9 Å². The molecule has 3 rings (SSSR count). The number of carbonyl (C=O) groups is 3. The number of hydroxylamine groups is 2. The third-order valence-electron chi connectivity index (χ3n) is 6.24. The van der Waals surface area contributed by atoms with Gasteiger partial charge in [-0.2, -0.15) is 0 Å². The van der Waals surface area contributed by atoms with E-state index in [2.05, 4.69) is 29.6 Å². The topological polar surface area (TPSA) is 105 Å². The van der Waals surface area contributed by atoms with E-state index in [0.717, 1.165) is 11.5 Å². The Morgan fingerprint density at radius 1 is 1.03 bits per heavy atom. The third-order valence-corrected chi connectivity index (χ3v) is 6.24. The molecule has 1 aliphatic rings. The van der Waals surface area contributed by atoms with E-state index in [-0.39, 0.29) is 30.8 Å². The normalized spacial score (nSPS) is 13.0. The second-order valence-corrected chi connectivity index (χ2v) is 8.41. The first-order chi connectivity index (χ1) is 16.4. The maximum Gasteiger partial charge on any atom is 0.407 e. The van der Waals surface area contributed by atoms with Crippen molar-refractivity contribution in [2.45, 2.75) is 38.5 Å². The molecule has 0 aliphatic heterocycles. The Kier molecular flexibility index (Phi) is 9.04. The van der Waals surface area contributed by atoms with Gasteiger partial charge in [-0.15, -0.1) is 0 Å². The second kappa shape index (κ2) is 12.2. The number of rotatable bonds is 12. The minimum Gasteiger partial charge on any atom is -0.479 e. The molecule has 34 heavy (non-hydrogen) atoms. The van der Waals surface area contributed by atoms with Gasteiger partial charge in [0.25, 0.3) is 0 Å². The smallest absolute Gasteiger partial charge is 0.407 e. The van der Waals surface area contributed by atoms with Crippen molar-refractivity contribution in [1.82, 2.24) is 10.4 Å². The van der Waals surface area contributed by atoms with Gasteiger partial charge in [-0.1, -0.05) is 61.9 Å². The number of hydrogen-bond acceptors (Lipinski definition) is 5. The summed E-state index contributed by atoms with van der Waals surface area (Å²) in [6, 6.07) is 16.4. The average molecular weight is 469 g/mol. The van der Waals surface area contributed by atoms with Crippen LogP contribution in [0, 0.1) is 5.92 Å². The molecule has 0 heterocycles. The summed E-state index contributed by atoms with van der Waals surface area (Å²) in [4.78, 5) is 39.8. The van der Waals surface area contributed by atoms with Crippen LogP contribution in [0.5, 0.6) is 0 Å². The summed E-state index contributed by atoms with van der Waals surface area (Å²) in [5, 5.41) is 12.4. The minimum absolute atomic E-state index is 0.0212. The quantitative estimate of drug-likeness (QED) is 0.453. The molecular weight excluding hydrogens is 436 g/mol. The molecule has 8 nitrogen and oxygen atoms in total. The number of ether oxygens (including phenoxy) is 1. The highest BCUT2D eigenvalue weighted by Crippen LogP contribution is 2.44. The molecule has 2 aromatic rings. The number of amides is 2. The lowest BCUT2D eigenvalue weighted by Gasteiger charge is -2.19. The van der Waals surface area contributed by atoms with Crippen molar-refractivity contribution in [2.24, 2.45) is 5.92 Å². The highest BCUT2D eigenvalue weighted by atomic mass is 16.7. The molecule has 1 atom stereocenters. The lowest BCUT2D eigenvalue weighted by Crippen LogP contribution is -2.30. The maximum absolute atomic E-state index is 12.3. The molecule has 0 aromatic heterocycles. The van der Waals surface area contributed by atoms with Crippen LogP contribution in [0.1, 0.15) is 49.7 Å². The van der Waals surface area contributed by atoms with Crippen LogP contribution in [-0.2, 0) is 19.2 Å². The van der Waals surface area contributed by atoms with Crippen LogP contribution in [0.4, 0.5) is 4.79 Å². The number of alkyl carbamates (subject to hydrolysis) is 1. The fourth-order valence-electron chi connectivity index (χ4n) is 4.29. The van der Waals surface area contributed by atoms with Crippen LogP contribution in [0.2, 0.25) is 0 Å². The van der Waals surface area contributed by atoms with E-state index in [4.69, 9.17) is 14.7 Å². The van der Waals surface area contributed by atoms with Crippen LogP contribution in [0.25, 0.3) is 11.1 Å². The van der Waals surface area contributed by atoms with E-state index in [0.29, 0.717) is 19.4 Å². The van der Waals surface area contributed by atoms with Gasteiger partial charge in [0, 0.05) is 25.9 Å². The Morgan fingerprint density at radius 3 is 2.24 bits per heavy atom. The highest BCUT2D eigenvalue weighted by molar-refractivity contribution is 5.79. The Balaban J connectivity index is 1.40. The van der Waals surface area contributed by atoms with Gasteiger partial charge in [-0.05, 0) is 41.0 Å². The van der Waals surface area contributed by atoms with Crippen LogP contribution < -0.4 is 5.32 Å². The molecule has 0 saturated carbocycles. The van der Waals surface area contributed by atoms with Gasteiger partial charge in [0.1, 0.15) is 6.61 Å². The maximum atomic E-state index is 12.3. The number of carboxylic acids is 1. The lowest BCUT2D eigenvalue weighted by atomic mass is 9.96. The Labute approximate surface area is 199 Å². The number of nitrogens with one attached hydrogen (secondary N) is 1. The fourth-order valence-corrected chi connectivity index (χ4v) is 4.29. The molecule has 0 bridgehead atoms. The van der Waals surface area contributed by atoms with Crippen molar-refractivity contribution in [1.29, 1.82) is 0 Å². The minimum atomic E-state index is -1.13. The van der Waals surface area contributed by atoms with Crippen molar-refractivity contribution in [3.05, 3.63) is 59.7 Å². The SMILES string of the molecule is CCC(CCNC(=O)OCC1c2ccccc2-c2ccccc21)CCC(=O)N(C)OCC(=O)O. The number of fused-ring (bicyclic) bond motifs is 3. The largest absolute Gasteiger partial charge is 0.479 e. The van der Waals surface area contributed by atoms with E-state index in [9.17, 15) is 14.4 Å². The summed E-state index contributed by atoms with van der Waals surface area (Å²) in [7, 11) is 1.41. The van der Waals surface area contributed by atoms with E-state index < -0.39 is 18.7 Å². The molecular formula is C26H32N2O6. The van der Waals surface area contributed by atoms with E-state index in [1.165, 1.54) is 29.3 Å². The second-order valence-electron chi connectivity index (χ2n) is 8.41. The van der Waals surface area contributed by atoms with E-state index in [1.54, 1.807) is 0 Å². The third kappa shape index (κ3) is 6.57. The number of benzene rings is 2. The van der Waals surface area contributed by atoms with Crippen molar-refractivity contribution in [3.63, 3.8) is 0 Å². The summed E-state index contributed by atoms with van der Waals surface area (Å²) in [5.74, 6) is -1.15. The molecule has 1 aliphatic carbocycles. The van der Waals surface area contributed by atoms with Gasteiger partial charge in [0.2, 0.25) is 5.91 Å². The molecule has 2 aromatic carbocycles. The van der Waals surface area contributed by atoms with Gasteiger partial charge >= 0.3 is 12.1 Å². The number of carboxylic acid groups (broad SMARTS) is 1. The first kappa shape index (κ1) is 25.2. The van der Waals surface area contributed by atoms with E-state index in [1.807, 2.05) is 31.2 Å². The summed E-state index contributed by atoms with van der Waals surface area (Å²) in [6.07, 6.45) is 2.00. The average Bonchev–Trinajstić information content (AvgIpc) is 3.16. The van der Waals surface area contributed by atoms with Crippen molar-refractivity contribution >= 4 is 18.0 Å². The van der Waals surface area contributed by atoms with Gasteiger partial charge in [-0.25, -0.2) is 14.7 Å². The van der Waals surface area contributed by atoms with Crippen LogP contribution >= 0.6 is 0 Å². The number of nitrogens with zero attached hydrogens (tertiary/aromatic N) is 1. The van der Waals surface area contributed by atoms with Crippen molar-refractivity contribution in [2.75, 3.05) is 26.8 Å². The zero-order chi connectivity index (χ0) is 24.5. The monoisotopic (exact) mass is 468 g/mol. The highest BCUT2D eigenvalue weighted by Gasteiger charge is 2.29. The summed E-state index contributed by atoms with van der Waals surface area (Å²) < 4.78 is 5.56. The molecule has 2 N–H and O–H groups in total. The summed E-state index contributed by atoms with van der Waals surface area (Å²) >= 11 is 0. The molecule has 2 amide bonds. The summed E-state index contributed by atoms with van der Waals surface area (Å²) in [5.41, 5.74) is 4.71. The van der Waals surface area contributed by atoms with Gasteiger partial charge in [0.05, 0.1) is 0 Å². The molecule has 8 heteroatoms. The van der Waals surface area contributed by atoms with E-state index >= 15 is 0 Å². The Hall–Kier alpha value is -3.39. The van der Waals surface area contributed by atoms with Crippen molar-refractivity contribution in [3.8, 4) is 11.1 Å². The predicted molar refractivity (Wildman–Crippen MR) is 127 cm³/mol. The zero-order valence-corrected chi connectivity index (χ0v) is 19.7. The van der Waals surface area contributed by atoms with Gasteiger partial charge in [-0.3, -0.25) is 9.63 Å². The first-order valence-corrected chi connectivity index (χ1v) is 11.6. The molecule has 182 valence electrons. The van der Waals surface area contributed by atoms with Gasteiger partial charge < -0.3 is 15.2 Å². The Bertz CT molecular complexity index is 963. The molecule has 0 spiro atoms. The lowest BCUT2D eigenvalue weighted by molar-refractivity contribution is -0.186. The van der Waals surface area contributed by atoms with Gasteiger partial charge in [0.15, 0.2) is 6.61 Å². The number of aliphatic carboxylic acids is 1. The molecule has 1 unspecified atom stereocenters. The standard InChI is InChI=1S/C26H32N2O6/c1-3-18(12-13-24(29)28(2)34-17-25(30)31)14-15-27-26(32)33-16-23-21-10-6-4-8-19(21)20-9-5-7-11-22(20)23/h4-11,18,23H,3,12-17H2,1-2H3,(H,27,32)(H,30,31). The number of carbonyl (C=O) groups excluding carboxylic acids is 2. The zero-order valence-electron chi connectivity index (χ0n) is 19.7. The predicted octanol–water partition coefficient (Wildman–Crippen LogP) is 4.20. The fraction of sp³-hybridized carbons (Fsp3) is 0.423. The summed E-state index contributed by atoms with van der Waals surface area (Å²) in [6.45, 7) is 2.21. The van der Waals surface area contributed by atoms with Crippen LogP contribution in [0.3, 0.4) is 0 Å². The number of hydrogen-bond donors (Lipinski definition) is 2. The first-order valence-electron chi connectivity index (χ1n) is 11.6. The molecule has 0 radical (unpaired) electrons. The molecule has 0 saturated heterocycles. The van der Waals surface area contributed by atoms with Crippen molar-refractivity contribution < 1.29 is 29.1 Å².